The Kier molecular flexibility index (Phi) is 3.83. The Labute approximate surface area is 123 Å². The van der Waals surface area contributed by atoms with E-state index in [4.69, 9.17) is 11.6 Å². The zero-order chi connectivity index (χ0) is 14.1. The van der Waals surface area contributed by atoms with Crippen molar-refractivity contribution in [1.82, 2.24) is 10.6 Å². The Balaban J connectivity index is 1.58. The molecule has 1 aromatic rings. The topological polar surface area (TPSA) is 36.4 Å². The molecule has 108 valence electrons. The molecule has 20 heavy (non-hydrogen) atoms. The second-order valence-corrected chi connectivity index (χ2v) is 6.03. The van der Waals surface area contributed by atoms with Gasteiger partial charge in [-0.15, -0.1) is 0 Å². The van der Waals surface area contributed by atoms with Gasteiger partial charge in [-0.2, -0.15) is 0 Å². The summed E-state index contributed by atoms with van der Waals surface area (Å²) in [7, 11) is 1.76. The lowest BCUT2D eigenvalue weighted by Gasteiger charge is -2.12. The van der Waals surface area contributed by atoms with E-state index in [9.17, 15) is 4.39 Å². The Bertz CT molecular complexity index is 508. The maximum Gasteiger partial charge on any atom is 0.191 e. The van der Waals surface area contributed by atoms with E-state index in [0.29, 0.717) is 10.6 Å². The minimum absolute atomic E-state index is 0.142. The summed E-state index contributed by atoms with van der Waals surface area (Å²) in [6, 6.07) is 5.07. The van der Waals surface area contributed by atoms with Gasteiger partial charge >= 0.3 is 0 Å². The molecule has 2 aliphatic rings. The van der Waals surface area contributed by atoms with Crippen LogP contribution in [0, 0.1) is 11.7 Å². The van der Waals surface area contributed by atoms with Crippen LogP contribution in [0.5, 0.6) is 0 Å². The third kappa shape index (κ3) is 3.06. The SMILES string of the molecule is CN=C(NCC1CC1)NC1CC1c1c(F)cccc1Cl. The normalized spacial score (nSPS) is 25.4. The Morgan fingerprint density at radius 3 is 2.90 bits per heavy atom. The fourth-order valence-corrected chi connectivity index (χ4v) is 2.77. The number of rotatable bonds is 4. The highest BCUT2D eigenvalue weighted by Crippen LogP contribution is 2.44. The molecule has 0 aliphatic heterocycles. The average molecular weight is 296 g/mol. The molecule has 3 rings (SSSR count). The van der Waals surface area contributed by atoms with Gasteiger partial charge in [-0.25, -0.2) is 4.39 Å². The summed E-state index contributed by atoms with van der Waals surface area (Å²) in [6.45, 7) is 0.970. The van der Waals surface area contributed by atoms with Crippen LogP contribution >= 0.6 is 11.6 Å². The zero-order valence-electron chi connectivity index (χ0n) is 11.5. The first-order chi connectivity index (χ1) is 9.69. The molecule has 3 nitrogen and oxygen atoms in total. The molecule has 2 N–H and O–H groups in total. The molecule has 1 aromatic carbocycles. The summed E-state index contributed by atoms with van der Waals surface area (Å²) in [5.74, 6) is 1.53. The lowest BCUT2D eigenvalue weighted by atomic mass is 10.1. The smallest absolute Gasteiger partial charge is 0.191 e. The van der Waals surface area contributed by atoms with Gasteiger partial charge in [0, 0.05) is 36.1 Å². The third-order valence-electron chi connectivity index (χ3n) is 3.96. The molecular formula is C15H19ClFN3. The van der Waals surface area contributed by atoms with E-state index in [1.54, 1.807) is 19.2 Å². The second-order valence-electron chi connectivity index (χ2n) is 5.62. The van der Waals surface area contributed by atoms with E-state index in [0.717, 1.165) is 24.8 Å². The number of guanidine groups is 1. The minimum atomic E-state index is -0.215. The van der Waals surface area contributed by atoms with Gasteiger partial charge in [0.05, 0.1) is 0 Å². The molecular weight excluding hydrogens is 277 g/mol. The van der Waals surface area contributed by atoms with Crippen LogP contribution in [0.1, 0.15) is 30.7 Å². The van der Waals surface area contributed by atoms with E-state index in [1.165, 1.54) is 18.9 Å². The summed E-state index contributed by atoms with van der Waals surface area (Å²) < 4.78 is 13.8. The molecule has 5 heteroatoms. The molecule has 0 bridgehead atoms. The summed E-state index contributed by atoms with van der Waals surface area (Å²) in [6.07, 6.45) is 3.51. The van der Waals surface area contributed by atoms with Gasteiger partial charge in [0.25, 0.3) is 0 Å². The van der Waals surface area contributed by atoms with Gasteiger partial charge in [-0.05, 0) is 37.3 Å². The standard InChI is InChI=1S/C15H19ClFN3/c1-18-15(19-8-9-5-6-9)20-13-7-10(13)14-11(16)3-2-4-12(14)17/h2-4,9-10,13H,5-8H2,1H3,(H2,18,19,20). The Morgan fingerprint density at radius 2 is 2.25 bits per heavy atom. The van der Waals surface area contributed by atoms with E-state index in [-0.39, 0.29) is 17.8 Å². The fraction of sp³-hybridized carbons (Fsp3) is 0.533. The Morgan fingerprint density at radius 1 is 1.45 bits per heavy atom. The van der Waals surface area contributed by atoms with Crippen LogP contribution in [0.4, 0.5) is 4.39 Å². The molecule has 0 amide bonds. The second kappa shape index (κ2) is 5.60. The molecule has 0 heterocycles. The maximum atomic E-state index is 13.8. The summed E-state index contributed by atoms with van der Waals surface area (Å²) in [5, 5.41) is 7.17. The monoisotopic (exact) mass is 295 g/mol. The number of aliphatic imine (C=N–C) groups is 1. The van der Waals surface area contributed by atoms with Crippen LogP contribution in [-0.2, 0) is 0 Å². The van der Waals surface area contributed by atoms with Crippen LogP contribution in [0.2, 0.25) is 5.02 Å². The Hall–Kier alpha value is -1.29. The van der Waals surface area contributed by atoms with Crippen LogP contribution < -0.4 is 10.6 Å². The number of hydrogen-bond donors (Lipinski definition) is 2. The van der Waals surface area contributed by atoms with Crippen molar-refractivity contribution in [2.75, 3.05) is 13.6 Å². The summed E-state index contributed by atoms with van der Waals surface area (Å²) >= 11 is 6.10. The first-order valence-electron chi connectivity index (χ1n) is 7.10. The van der Waals surface area contributed by atoms with E-state index in [2.05, 4.69) is 15.6 Å². The number of halogens is 2. The highest BCUT2D eigenvalue weighted by Gasteiger charge is 2.42. The van der Waals surface area contributed by atoms with E-state index >= 15 is 0 Å². The number of hydrogen-bond acceptors (Lipinski definition) is 1. The van der Waals surface area contributed by atoms with E-state index in [1.807, 2.05) is 0 Å². The van der Waals surface area contributed by atoms with Gasteiger partial charge in [0.2, 0.25) is 0 Å². The van der Waals surface area contributed by atoms with Crippen molar-refractivity contribution in [1.29, 1.82) is 0 Å². The van der Waals surface area contributed by atoms with Crippen LogP contribution in [0.15, 0.2) is 23.2 Å². The molecule has 2 atom stereocenters. The van der Waals surface area contributed by atoms with Crippen molar-refractivity contribution in [3.05, 3.63) is 34.6 Å². The number of benzene rings is 1. The van der Waals surface area contributed by atoms with Crippen molar-refractivity contribution >= 4 is 17.6 Å². The van der Waals surface area contributed by atoms with Gasteiger partial charge < -0.3 is 10.6 Å². The summed E-state index contributed by atoms with van der Waals surface area (Å²) in [4.78, 5) is 4.21. The van der Waals surface area contributed by atoms with Crippen molar-refractivity contribution in [3.63, 3.8) is 0 Å². The third-order valence-corrected chi connectivity index (χ3v) is 4.29. The van der Waals surface area contributed by atoms with Crippen LogP contribution in [0.3, 0.4) is 0 Å². The molecule has 0 saturated heterocycles. The lowest BCUT2D eigenvalue weighted by Crippen LogP contribution is -2.39. The predicted molar refractivity (Wildman–Crippen MR) is 79.8 cm³/mol. The van der Waals surface area contributed by atoms with Gasteiger partial charge in [0.1, 0.15) is 5.82 Å². The zero-order valence-corrected chi connectivity index (χ0v) is 12.3. The molecule has 0 aromatic heterocycles. The molecule has 2 fully saturated rings. The van der Waals surface area contributed by atoms with Gasteiger partial charge in [-0.1, -0.05) is 17.7 Å². The first-order valence-corrected chi connectivity index (χ1v) is 7.48. The number of nitrogens with zero attached hydrogens (tertiary/aromatic N) is 1. The average Bonchev–Trinajstić information content (AvgIpc) is 3.31. The molecule has 2 aliphatic carbocycles. The molecule has 2 unspecified atom stereocenters. The highest BCUT2D eigenvalue weighted by molar-refractivity contribution is 6.31. The molecule has 2 saturated carbocycles. The van der Waals surface area contributed by atoms with E-state index < -0.39 is 0 Å². The largest absolute Gasteiger partial charge is 0.356 e. The minimum Gasteiger partial charge on any atom is -0.356 e. The van der Waals surface area contributed by atoms with Crippen LogP contribution in [-0.4, -0.2) is 25.6 Å². The van der Waals surface area contributed by atoms with Crippen molar-refractivity contribution in [2.45, 2.75) is 31.2 Å². The highest BCUT2D eigenvalue weighted by atomic mass is 35.5. The summed E-state index contributed by atoms with van der Waals surface area (Å²) in [5.41, 5.74) is 0.629. The lowest BCUT2D eigenvalue weighted by molar-refractivity contribution is 0.607. The maximum absolute atomic E-state index is 13.8. The van der Waals surface area contributed by atoms with Crippen molar-refractivity contribution < 1.29 is 4.39 Å². The number of nitrogens with one attached hydrogen (secondary N) is 2. The quantitative estimate of drug-likeness (QED) is 0.662. The van der Waals surface area contributed by atoms with Gasteiger partial charge in [0.15, 0.2) is 5.96 Å². The van der Waals surface area contributed by atoms with Gasteiger partial charge in [-0.3, -0.25) is 4.99 Å². The van der Waals surface area contributed by atoms with Crippen molar-refractivity contribution in [3.8, 4) is 0 Å². The molecule has 0 spiro atoms. The first kappa shape index (κ1) is 13.7. The van der Waals surface area contributed by atoms with Crippen molar-refractivity contribution in [2.24, 2.45) is 10.9 Å². The molecule has 0 radical (unpaired) electrons. The fourth-order valence-electron chi connectivity index (χ4n) is 2.47. The predicted octanol–water partition coefficient (Wildman–Crippen LogP) is 2.91. The van der Waals surface area contributed by atoms with Crippen LogP contribution in [0.25, 0.3) is 0 Å².